The van der Waals surface area contributed by atoms with E-state index in [0.717, 1.165) is 31.5 Å². The average Bonchev–Trinajstić information content (AvgIpc) is 2.83. The van der Waals surface area contributed by atoms with Crippen LogP contribution in [0.3, 0.4) is 0 Å². The molecule has 0 radical (unpaired) electrons. The van der Waals surface area contributed by atoms with Crippen molar-refractivity contribution < 1.29 is 4.39 Å². The lowest BCUT2D eigenvalue weighted by atomic mass is 10.2. The summed E-state index contributed by atoms with van der Waals surface area (Å²) in [4.78, 5) is 10.8. The van der Waals surface area contributed by atoms with Crippen LogP contribution in [0.1, 0.15) is 37.1 Å². The number of hydrogen-bond donors (Lipinski definition) is 1. The third kappa shape index (κ3) is 4.53. The smallest absolute Gasteiger partial charge is 0.191 e. The summed E-state index contributed by atoms with van der Waals surface area (Å²) in [6, 6.07) is 6.47. The number of aromatic nitrogens is 3. The molecule has 2 N–H and O–H groups in total. The van der Waals surface area contributed by atoms with Crippen LogP contribution in [0.5, 0.6) is 0 Å². The van der Waals surface area contributed by atoms with E-state index in [2.05, 4.69) is 20.0 Å². The zero-order valence-corrected chi connectivity index (χ0v) is 13.7. The largest absolute Gasteiger partial charge is 0.370 e. The Morgan fingerprint density at radius 2 is 2.00 bits per heavy atom. The highest BCUT2D eigenvalue weighted by Gasteiger charge is 2.11. The molecule has 0 saturated carbocycles. The van der Waals surface area contributed by atoms with E-state index in [9.17, 15) is 4.39 Å². The monoisotopic (exact) mass is 330 g/mol. The van der Waals surface area contributed by atoms with E-state index in [4.69, 9.17) is 5.73 Å². The van der Waals surface area contributed by atoms with Gasteiger partial charge in [-0.15, -0.1) is 0 Å². The number of nitrogens with two attached hydrogens (primary N) is 1. The highest BCUT2D eigenvalue weighted by Crippen LogP contribution is 2.09. The van der Waals surface area contributed by atoms with Crippen molar-refractivity contribution in [3.8, 4) is 0 Å². The zero-order chi connectivity index (χ0) is 16.8. The minimum atomic E-state index is -0.248. The Hall–Kier alpha value is -2.44. The quantitative estimate of drug-likeness (QED) is 0.689. The molecule has 128 valence electrons. The normalized spacial score (nSPS) is 16.2. The maximum Gasteiger partial charge on any atom is 0.191 e. The molecule has 1 aliphatic rings. The molecular weight excluding hydrogens is 307 g/mol. The first-order valence-corrected chi connectivity index (χ1v) is 8.38. The van der Waals surface area contributed by atoms with Crippen LogP contribution in [0.2, 0.25) is 0 Å². The second kappa shape index (κ2) is 7.90. The summed E-state index contributed by atoms with van der Waals surface area (Å²) in [5, 5.41) is 4.37. The summed E-state index contributed by atoms with van der Waals surface area (Å²) in [7, 11) is 0. The van der Waals surface area contributed by atoms with Crippen LogP contribution in [-0.4, -0.2) is 38.7 Å². The van der Waals surface area contributed by atoms with E-state index in [1.807, 2.05) is 6.07 Å². The number of halogens is 1. The standard InChI is InChI=1S/C17H23FN6/c18-15-7-5-6-14(10-15)12-24-13-21-16(22-24)11-20-17(19)23-8-3-1-2-4-9-23/h5-7,10,13H,1-4,8-9,11-12H2,(H2,19,20). The predicted octanol–water partition coefficient (Wildman–Crippen LogP) is 2.16. The van der Waals surface area contributed by atoms with E-state index >= 15 is 0 Å². The molecule has 3 rings (SSSR count). The lowest BCUT2D eigenvalue weighted by molar-refractivity contribution is 0.428. The fraction of sp³-hybridized carbons (Fsp3) is 0.471. The molecule has 1 aromatic carbocycles. The van der Waals surface area contributed by atoms with Crippen molar-refractivity contribution in [2.75, 3.05) is 13.1 Å². The minimum Gasteiger partial charge on any atom is -0.370 e. The van der Waals surface area contributed by atoms with Gasteiger partial charge in [0, 0.05) is 13.1 Å². The Balaban J connectivity index is 1.58. The number of benzene rings is 1. The van der Waals surface area contributed by atoms with Crippen LogP contribution in [-0.2, 0) is 13.1 Å². The van der Waals surface area contributed by atoms with Crippen molar-refractivity contribution in [2.45, 2.75) is 38.8 Å². The van der Waals surface area contributed by atoms with Gasteiger partial charge in [0.25, 0.3) is 0 Å². The first kappa shape index (κ1) is 16.4. The summed E-state index contributed by atoms with van der Waals surface area (Å²) in [5.41, 5.74) is 6.93. The van der Waals surface area contributed by atoms with Crippen molar-refractivity contribution in [3.05, 3.63) is 47.8 Å². The van der Waals surface area contributed by atoms with Gasteiger partial charge in [-0.25, -0.2) is 19.0 Å². The van der Waals surface area contributed by atoms with E-state index in [0.29, 0.717) is 24.9 Å². The van der Waals surface area contributed by atoms with Crippen LogP contribution in [0.25, 0.3) is 0 Å². The summed E-state index contributed by atoms with van der Waals surface area (Å²) >= 11 is 0. The maximum atomic E-state index is 13.2. The molecule has 0 bridgehead atoms. The van der Waals surface area contributed by atoms with E-state index < -0.39 is 0 Å². The molecule has 1 aliphatic heterocycles. The van der Waals surface area contributed by atoms with Crippen LogP contribution >= 0.6 is 0 Å². The number of rotatable bonds is 4. The van der Waals surface area contributed by atoms with Gasteiger partial charge in [0.2, 0.25) is 0 Å². The van der Waals surface area contributed by atoms with E-state index in [1.54, 1.807) is 17.1 Å². The van der Waals surface area contributed by atoms with Crippen LogP contribution in [0, 0.1) is 5.82 Å². The third-order valence-electron chi connectivity index (χ3n) is 4.13. The van der Waals surface area contributed by atoms with Crippen LogP contribution in [0.15, 0.2) is 35.6 Å². The molecule has 1 fully saturated rings. The minimum absolute atomic E-state index is 0.248. The lowest BCUT2D eigenvalue weighted by Crippen LogP contribution is -2.38. The summed E-state index contributed by atoms with van der Waals surface area (Å²) in [6.45, 7) is 2.78. The average molecular weight is 330 g/mol. The lowest BCUT2D eigenvalue weighted by Gasteiger charge is -2.20. The molecule has 0 amide bonds. The van der Waals surface area contributed by atoms with Crippen molar-refractivity contribution in [1.29, 1.82) is 0 Å². The van der Waals surface area contributed by atoms with Gasteiger partial charge < -0.3 is 10.6 Å². The summed E-state index contributed by atoms with van der Waals surface area (Å²) in [6.07, 6.45) is 6.48. The fourth-order valence-corrected chi connectivity index (χ4v) is 2.86. The Morgan fingerprint density at radius 1 is 1.21 bits per heavy atom. The summed E-state index contributed by atoms with van der Waals surface area (Å²) < 4.78 is 14.9. The number of guanidine groups is 1. The van der Waals surface area contributed by atoms with Gasteiger partial charge in [0.05, 0.1) is 6.54 Å². The molecule has 2 heterocycles. The van der Waals surface area contributed by atoms with Crippen LogP contribution in [0.4, 0.5) is 4.39 Å². The number of likely N-dealkylation sites (tertiary alicyclic amines) is 1. The van der Waals surface area contributed by atoms with Gasteiger partial charge in [0.1, 0.15) is 18.7 Å². The molecule has 7 heteroatoms. The van der Waals surface area contributed by atoms with Crippen molar-refractivity contribution in [3.63, 3.8) is 0 Å². The Kier molecular flexibility index (Phi) is 5.40. The topological polar surface area (TPSA) is 72.3 Å². The molecule has 0 spiro atoms. The highest BCUT2D eigenvalue weighted by atomic mass is 19.1. The third-order valence-corrected chi connectivity index (χ3v) is 4.13. The van der Waals surface area contributed by atoms with Gasteiger partial charge in [-0.2, -0.15) is 5.10 Å². The van der Waals surface area contributed by atoms with E-state index in [-0.39, 0.29) is 5.82 Å². The van der Waals surface area contributed by atoms with Gasteiger partial charge in [-0.3, -0.25) is 0 Å². The molecule has 0 unspecified atom stereocenters. The molecule has 0 aliphatic carbocycles. The molecule has 24 heavy (non-hydrogen) atoms. The van der Waals surface area contributed by atoms with Crippen molar-refractivity contribution in [2.24, 2.45) is 10.7 Å². The first-order valence-electron chi connectivity index (χ1n) is 8.38. The highest BCUT2D eigenvalue weighted by molar-refractivity contribution is 5.78. The van der Waals surface area contributed by atoms with Crippen molar-refractivity contribution >= 4 is 5.96 Å². The maximum absolute atomic E-state index is 13.2. The fourth-order valence-electron chi connectivity index (χ4n) is 2.86. The molecule has 0 atom stereocenters. The number of nitrogens with zero attached hydrogens (tertiary/aromatic N) is 5. The Bertz CT molecular complexity index is 688. The van der Waals surface area contributed by atoms with Gasteiger partial charge in [-0.1, -0.05) is 25.0 Å². The van der Waals surface area contributed by atoms with E-state index in [1.165, 1.54) is 25.0 Å². The van der Waals surface area contributed by atoms with Crippen LogP contribution < -0.4 is 5.73 Å². The Morgan fingerprint density at radius 3 is 2.75 bits per heavy atom. The number of hydrogen-bond acceptors (Lipinski definition) is 3. The zero-order valence-electron chi connectivity index (χ0n) is 13.7. The predicted molar refractivity (Wildman–Crippen MR) is 90.9 cm³/mol. The first-order chi connectivity index (χ1) is 11.7. The van der Waals surface area contributed by atoms with Gasteiger partial charge >= 0.3 is 0 Å². The molecule has 6 nitrogen and oxygen atoms in total. The molecular formula is C17H23FN6. The molecule has 1 saturated heterocycles. The SMILES string of the molecule is NC(=NCc1ncn(Cc2cccc(F)c2)n1)N1CCCCCC1. The van der Waals surface area contributed by atoms with Gasteiger partial charge in [-0.05, 0) is 30.5 Å². The molecule has 1 aromatic heterocycles. The second-order valence-electron chi connectivity index (χ2n) is 6.06. The van der Waals surface area contributed by atoms with Crippen molar-refractivity contribution in [1.82, 2.24) is 19.7 Å². The second-order valence-corrected chi connectivity index (χ2v) is 6.06. The number of aliphatic imine (C=N–C) groups is 1. The molecule has 2 aromatic rings. The summed E-state index contributed by atoms with van der Waals surface area (Å²) in [5.74, 6) is 0.935. The van der Waals surface area contributed by atoms with Gasteiger partial charge in [0.15, 0.2) is 11.8 Å². The Labute approximate surface area is 141 Å².